The first-order valence-electron chi connectivity index (χ1n) is 6.47. The predicted molar refractivity (Wildman–Crippen MR) is 89.0 cm³/mol. The highest BCUT2D eigenvalue weighted by molar-refractivity contribution is 5.85. The lowest BCUT2D eigenvalue weighted by Gasteiger charge is -2.35. The number of rotatable bonds is 4. The molecule has 1 saturated heterocycles. The molecule has 0 unspecified atom stereocenters. The third-order valence-electron chi connectivity index (χ3n) is 3.54. The van der Waals surface area contributed by atoms with E-state index in [0.29, 0.717) is 12.0 Å². The summed E-state index contributed by atoms with van der Waals surface area (Å²) in [7, 11) is 0. The van der Waals surface area contributed by atoms with Gasteiger partial charge in [0.1, 0.15) is 17.3 Å². The maximum Gasteiger partial charge on any atom is 0.149 e. The number of benzene rings is 1. The van der Waals surface area contributed by atoms with Crippen LogP contribution in [0.15, 0.2) is 24.8 Å². The number of nitrogens with zero attached hydrogens (tertiary/aromatic N) is 1. The van der Waals surface area contributed by atoms with Crippen molar-refractivity contribution in [1.82, 2.24) is 10.2 Å². The molecule has 0 saturated carbocycles. The van der Waals surface area contributed by atoms with Crippen LogP contribution in [0.4, 0.5) is 10.1 Å². The number of piperazine rings is 1. The second-order valence-electron chi connectivity index (χ2n) is 4.73. The van der Waals surface area contributed by atoms with Gasteiger partial charge in [-0.15, -0.1) is 31.4 Å². The highest BCUT2D eigenvalue weighted by atomic mass is 35.5. The first-order chi connectivity index (χ1) is 9.15. The minimum absolute atomic E-state index is 0. The molecule has 120 valence electrons. The van der Waals surface area contributed by atoms with E-state index in [1.165, 1.54) is 6.07 Å². The Morgan fingerprint density at radius 3 is 2.57 bits per heavy atom. The van der Waals surface area contributed by atoms with Crippen LogP contribution in [-0.2, 0) is 0 Å². The molecule has 4 nitrogen and oxygen atoms in total. The van der Waals surface area contributed by atoms with E-state index in [2.05, 4.69) is 16.8 Å². The number of hydrogen-bond acceptors (Lipinski definition) is 4. The van der Waals surface area contributed by atoms with Gasteiger partial charge in [-0.3, -0.25) is 4.90 Å². The predicted octanol–water partition coefficient (Wildman–Crippen LogP) is 2.48. The molecule has 7 heteroatoms. The largest absolute Gasteiger partial charge is 0.505 e. The minimum Gasteiger partial charge on any atom is -0.505 e. The number of phenols is 1. The molecule has 0 bridgehead atoms. The maximum atomic E-state index is 13.3. The molecule has 1 aromatic rings. The molecular formula is C14H22Cl2FN3O. The van der Waals surface area contributed by atoms with E-state index >= 15 is 0 Å². The van der Waals surface area contributed by atoms with Crippen LogP contribution in [-0.4, -0.2) is 36.2 Å². The van der Waals surface area contributed by atoms with Crippen molar-refractivity contribution in [3.05, 3.63) is 36.2 Å². The molecule has 1 aliphatic heterocycles. The zero-order chi connectivity index (χ0) is 13.8. The van der Waals surface area contributed by atoms with Crippen molar-refractivity contribution < 1.29 is 9.50 Å². The zero-order valence-corrected chi connectivity index (χ0v) is 13.4. The number of nitrogen functional groups attached to an aromatic ring is 1. The average molecular weight is 338 g/mol. The zero-order valence-electron chi connectivity index (χ0n) is 11.7. The Labute approximate surface area is 137 Å². The molecule has 1 atom stereocenters. The number of hydrogen-bond donors (Lipinski definition) is 3. The summed E-state index contributed by atoms with van der Waals surface area (Å²) in [5.41, 5.74) is 6.05. The van der Waals surface area contributed by atoms with Crippen molar-refractivity contribution in [3.8, 4) is 5.75 Å². The minimum atomic E-state index is -0.584. The van der Waals surface area contributed by atoms with Crippen molar-refractivity contribution in [2.24, 2.45) is 0 Å². The quantitative estimate of drug-likeness (QED) is 0.448. The number of anilines is 1. The van der Waals surface area contributed by atoms with Crippen molar-refractivity contribution in [1.29, 1.82) is 0 Å². The Kier molecular flexibility index (Phi) is 8.66. The number of halogens is 3. The Balaban J connectivity index is 0.00000200. The van der Waals surface area contributed by atoms with Crippen molar-refractivity contribution in [3.63, 3.8) is 0 Å². The summed E-state index contributed by atoms with van der Waals surface area (Å²) in [6, 6.07) is 2.90. The number of aromatic hydroxyl groups is 1. The second kappa shape index (κ2) is 9.10. The topological polar surface area (TPSA) is 61.5 Å². The number of phenolic OH excluding ortho intramolecular Hbond substituents is 1. The first kappa shape index (κ1) is 20.0. The molecule has 1 aliphatic rings. The molecule has 0 aromatic heterocycles. The summed E-state index contributed by atoms with van der Waals surface area (Å²) in [4.78, 5) is 2.25. The summed E-state index contributed by atoms with van der Waals surface area (Å²) >= 11 is 0. The van der Waals surface area contributed by atoms with Gasteiger partial charge in [0.15, 0.2) is 0 Å². The van der Waals surface area contributed by atoms with E-state index in [-0.39, 0.29) is 42.3 Å². The first-order valence-corrected chi connectivity index (χ1v) is 6.47. The van der Waals surface area contributed by atoms with Gasteiger partial charge in [-0.25, -0.2) is 4.39 Å². The Morgan fingerprint density at radius 2 is 2.00 bits per heavy atom. The highest BCUT2D eigenvalue weighted by Crippen LogP contribution is 2.36. The SMILES string of the molecule is C=CC[C@H](c1ccc(F)c(N)c1O)N1CCNCC1.Cl.Cl. The van der Waals surface area contributed by atoms with E-state index in [1.54, 1.807) is 6.07 Å². The molecule has 1 fully saturated rings. The van der Waals surface area contributed by atoms with Crippen molar-refractivity contribution in [2.45, 2.75) is 12.5 Å². The molecule has 0 amide bonds. The average Bonchev–Trinajstić information content (AvgIpc) is 2.44. The molecule has 0 aliphatic carbocycles. The van der Waals surface area contributed by atoms with Crippen LogP contribution in [0, 0.1) is 5.82 Å². The monoisotopic (exact) mass is 337 g/mol. The summed E-state index contributed by atoms with van der Waals surface area (Å²) in [5, 5.41) is 13.3. The fraction of sp³-hybridized carbons (Fsp3) is 0.429. The van der Waals surface area contributed by atoms with Gasteiger partial charge in [0.25, 0.3) is 0 Å². The van der Waals surface area contributed by atoms with Gasteiger partial charge in [0, 0.05) is 37.8 Å². The molecule has 0 spiro atoms. The van der Waals surface area contributed by atoms with Crippen LogP contribution in [0.25, 0.3) is 0 Å². The third kappa shape index (κ3) is 4.48. The van der Waals surface area contributed by atoms with Gasteiger partial charge in [-0.1, -0.05) is 12.1 Å². The molecule has 4 N–H and O–H groups in total. The summed E-state index contributed by atoms with van der Waals surface area (Å²) in [6.07, 6.45) is 2.50. The lowest BCUT2D eigenvalue weighted by molar-refractivity contribution is 0.172. The van der Waals surface area contributed by atoms with Gasteiger partial charge in [-0.2, -0.15) is 0 Å². The smallest absolute Gasteiger partial charge is 0.149 e. The van der Waals surface area contributed by atoms with Crippen LogP contribution in [0.1, 0.15) is 18.0 Å². The molecular weight excluding hydrogens is 316 g/mol. The standard InChI is InChI=1S/C14H20FN3O.2ClH/c1-2-3-12(18-8-6-17-7-9-18)10-4-5-11(15)13(16)14(10)19;;/h2,4-5,12,17,19H,1,3,6-9,16H2;2*1H/t12-;;/m1../s1. The van der Waals surface area contributed by atoms with E-state index < -0.39 is 5.82 Å². The number of nitrogens with two attached hydrogens (primary N) is 1. The van der Waals surface area contributed by atoms with Crippen molar-refractivity contribution >= 4 is 30.5 Å². The lowest BCUT2D eigenvalue weighted by atomic mass is 9.99. The molecule has 0 radical (unpaired) electrons. The van der Waals surface area contributed by atoms with Gasteiger partial charge >= 0.3 is 0 Å². The molecule has 2 rings (SSSR count). The normalized spacial score (nSPS) is 16.4. The lowest BCUT2D eigenvalue weighted by Crippen LogP contribution is -2.45. The van der Waals surface area contributed by atoms with E-state index in [0.717, 1.165) is 26.2 Å². The fourth-order valence-electron chi connectivity index (χ4n) is 2.49. The summed E-state index contributed by atoms with van der Waals surface area (Å²) < 4.78 is 13.3. The molecule has 1 heterocycles. The Morgan fingerprint density at radius 1 is 1.38 bits per heavy atom. The van der Waals surface area contributed by atoms with Gasteiger partial charge < -0.3 is 16.2 Å². The van der Waals surface area contributed by atoms with E-state index in [9.17, 15) is 9.50 Å². The van der Waals surface area contributed by atoms with Crippen LogP contribution < -0.4 is 11.1 Å². The van der Waals surface area contributed by atoms with Crippen LogP contribution in [0.3, 0.4) is 0 Å². The van der Waals surface area contributed by atoms with E-state index in [4.69, 9.17) is 5.73 Å². The Hall–Kier alpha value is -1.01. The maximum absolute atomic E-state index is 13.3. The molecule has 1 aromatic carbocycles. The summed E-state index contributed by atoms with van der Waals surface area (Å²) in [5.74, 6) is -0.732. The highest BCUT2D eigenvalue weighted by Gasteiger charge is 2.24. The van der Waals surface area contributed by atoms with Gasteiger partial charge in [-0.05, 0) is 12.5 Å². The third-order valence-corrected chi connectivity index (χ3v) is 3.54. The fourth-order valence-corrected chi connectivity index (χ4v) is 2.49. The van der Waals surface area contributed by atoms with Gasteiger partial charge in [0.2, 0.25) is 0 Å². The van der Waals surface area contributed by atoms with Crippen LogP contribution in [0.5, 0.6) is 5.75 Å². The summed E-state index contributed by atoms with van der Waals surface area (Å²) in [6.45, 7) is 7.35. The van der Waals surface area contributed by atoms with Crippen LogP contribution in [0.2, 0.25) is 0 Å². The van der Waals surface area contributed by atoms with Crippen molar-refractivity contribution in [2.75, 3.05) is 31.9 Å². The van der Waals surface area contributed by atoms with Crippen LogP contribution >= 0.6 is 24.8 Å². The number of nitrogens with one attached hydrogen (secondary N) is 1. The Bertz CT molecular complexity index is 468. The van der Waals surface area contributed by atoms with Gasteiger partial charge in [0.05, 0.1) is 0 Å². The van der Waals surface area contributed by atoms with E-state index in [1.807, 2.05) is 6.08 Å². The molecule has 21 heavy (non-hydrogen) atoms. The second-order valence-corrected chi connectivity index (χ2v) is 4.73.